The summed E-state index contributed by atoms with van der Waals surface area (Å²) < 4.78 is 5.62. The van der Waals surface area contributed by atoms with E-state index < -0.39 is 0 Å². The number of hydrogen-bond donors (Lipinski definition) is 2. The first-order valence-electron chi connectivity index (χ1n) is 7.75. The zero-order valence-corrected chi connectivity index (χ0v) is 11.9. The van der Waals surface area contributed by atoms with Gasteiger partial charge in [0.1, 0.15) is 0 Å². The van der Waals surface area contributed by atoms with Crippen molar-refractivity contribution in [2.45, 2.75) is 57.4 Å². The number of ether oxygens (including phenoxy) is 1. The van der Waals surface area contributed by atoms with Crippen molar-refractivity contribution >= 4 is 0 Å². The smallest absolute Gasteiger partial charge is 0.0494 e. The first-order valence-corrected chi connectivity index (χ1v) is 7.75. The van der Waals surface area contributed by atoms with Crippen LogP contribution in [0.25, 0.3) is 0 Å². The van der Waals surface area contributed by atoms with Crippen molar-refractivity contribution < 1.29 is 4.74 Å². The standard InChI is InChI=1S/C15H30N2O/c1-13-4-2-7-15(16,10-13)12-17-8-3-9-18-11-14-5-6-14/h13-14,17H,2-12,16H2,1H3. The molecule has 2 fully saturated rings. The lowest BCUT2D eigenvalue weighted by Gasteiger charge is -2.37. The van der Waals surface area contributed by atoms with E-state index in [0.717, 1.165) is 44.6 Å². The van der Waals surface area contributed by atoms with Gasteiger partial charge in [0, 0.05) is 25.3 Å². The molecule has 2 aliphatic rings. The van der Waals surface area contributed by atoms with Crippen LogP contribution in [0.15, 0.2) is 0 Å². The molecule has 0 spiro atoms. The van der Waals surface area contributed by atoms with Crippen LogP contribution in [0.1, 0.15) is 51.9 Å². The molecule has 0 amide bonds. The molecule has 0 saturated heterocycles. The van der Waals surface area contributed by atoms with Crippen molar-refractivity contribution in [2.24, 2.45) is 17.6 Å². The molecule has 3 N–H and O–H groups in total. The molecule has 0 aromatic carbocycles. The minimum Gasteiger partial charge on any atom is -0.381 e. The first kappa shape index (κ1) is 14.3. The van der Waals surface area contributed by atoms with E-state index in [1.807, 2.05) is 0 Å². The van der Waals surface area contributed by atoms with E-state index in [0.29, 0.717) is 0 Å². The van der Waals surface area contributed by atoms with Crippen LogP contribution in [0.3, 0.4) is 0 Å². The summed E-state index contributed by atoms with van der Waals surface area (Å²) in [4.78, 5) is 0. The van der Waals surface area contributed by atoms with Gasteiger partial charge in [-0.1, -0.05) is 19.8 Å². The summed E-state index contributed by atoms with van der Waals surface area (Å²) in [6, 6.07) is 0. The van der Waals surface area contributed by atoms with Gasteiger partial charge in [-0.15, -0.1) is 0 Å². The predicted molar refractivity (Wildman–Crippen MR) is 75.6 cm³/mol. The summed E-state index contributed by atoms with van der Waals surface area (Å²) in [5.41, 5.74) is 6.49. The molecule has 0 radical (unpaired) electrons. The van der Waals surface area contributed by atoms with Crippen LogP contribution in [0, 0.1) is 11.8 Å². The average molecular weight is 254 g/mol. The molecule has 0 bridgehead atoms. The molecule has 0 heterocycles. The first-order chi connectivity index (χ1) is 8.68. The van der Waals surface area contributed by atoms with E-state index in [-0.39, 0.29) is 5.54 Å². The molecule has 18 heavy (non-hydrogen) atoms. The van der Waals surface area contributed by atoms with Crippen LogP contribution in [-0.4, -0.2) is 31.8 Å². The number of hydrogen-bond acceptors (Lipinski definition) is 3. The third-order valence-corrected chi connectivity index (χ3v) is 4.30. The normalized spacial score (nSPS) is 32.7. The lowest BCUT2D eigenvalue weighted by Crippen LogP contribution is -2.51. The Hall–Kier alpha value is -0.120. The molecule has 0 aromatic heterocycles. The summed E-state index contributed by atoms with van der Waals surface area (Å²) in [5, 5.41) is 3.51. The Kier molecular flexibility index (Phi) is 5.46. The van der Waals surface area contributed by atoms with Crippen LogP contribution in [0.5, 0.6) is 0 Å². The molecule has 2 atom stereocenters. The zero-order chi connectivity index (χ0) is 12.8. The highest BCUT2D eigenvalue weighted by Crippen LogP contribution is 2.30. The summed E-state index contributed by atoms with van der Waals surface area (Å²) in [5.74, 6) is 1.68. The Bertz CT molecular complexity index is 243. The van der Waals surface area contributed by atoms with Crippen LogP contribution < -0.4 is 11.1 Å². The molecule has 0 aliphatic heterocycles. The minimum atomic E-state index is 0.0482. The Morgan fingerprint density at radius 1 is 1.33 bits per heavy atom. The third kappa shape index (κ3) is 5.25. The maximum Gasteiger partial charge on any atom is 0.0494 e. The Balaban J connectivity index is 1.46. The SMILES string of the molecule is CC1CCCC(N)(CNCCCOCC2CC2)C1. The van der Waals surface area contributed by atoms with Crippen molar-refractivity contribution in [3.63, 3.8) is 0 Å². The summed E-state index contributed by atoms with van der Waals surface area (Å²) in [6.07, 6.45) is 8.88. The van der Waals surface area contributed by atoms with Gasteiger partial charge in [-0.2, -0.15) is 0 Å². The molecule has 2 rings (SSSR count). The average Bonchev–Trinajstić information content (AvgIpc) is 3.11. The Labute approximate surface area is 112 Å². The fourth-order valence-corrected chi connectivity index (χ4v) is 3.03. The van der Waals surface area contributed by atoms with Gasteiger partial charge in [-0.25, -0.2) is 0 Å². The van der Waals surface area contributed by atoms with Crippen LogP contribution in [0.2, 0.25) is 0 Å². The van der Waals surface area contributed by atoms with Gasteiger partial charge in [-0.05, 0) is 50.5 Å². The van der Waals surface area contributed by atoms with Gasteiger partial charge >= 0.3 is 0 Å². The third-order valence-electron chi connectivity index (χ3n) is 4.30. The number of nitrogens with one attached hydrogen (secondary N) is 1. The van der Waals surface area contributed by atoms with Crippen LogP contribution in [-0.2, 0) is 4.74 Å². The van der Waals surface area contributed by atoms with Gasteiger partial charge in [0.25, 0.3) is 0 Å². The van der Waals surface area contributed by atoms with Gasteiger partial charge in [0.05, 0.1) is 0 Å². The van der Waals surface area contributed by atoms with Gasteiger partial charge in [0.15, 0.2) is 0 Å². The van der Waals surface area contributed by atoms with Crippen molar-refractivity contribution in [2.75, 3.05) is 26.3 Å². The lowest BCUT2D eigenvalue weighted by molar-refractivity contribution is 0.121. The van der Waals surface area contributed by atoms with Crippen molar-refractivity contribution in [3.8, 4) is 0 Å². The molecule has 2 unspecified atom stereocenters. The molecule has 3 nitrogen and oxygen atoms in total. The quantitative estimate of drug-likeness (QED) is 0.653. The molecule has 0 aromatic rings. The second kappa shape index (κ2) is 6.88. The van der Waals surface area contributed by atoms with E-state index in [2.05, 4.69) is 12.2 Å². The Morgan fingerprint density at radius 2 is 2.17 bits per heavy atom. The maximum absolute atomic E-state index is 6.44. The van der Waals surface area contributed by atoms with E-state index in [9.17, 15) is 0 Å². The van der Waals surface area contributed by atoms with Crippen molar-refractivity contribution in [1.29, 1.82) is 0 Å². The monoisotopic (exact) mass is 254 g/mol. The van der Waals surface area contributed by atoms with Crippen molar-refractivity contribution in [3.05, 3.63) is 0 Å². The van der Waals surface area contributed by atoms with Gasteiger partial charge in [0.2, 0.25) is 0 Å². The minimum absolute atomic E-state index is 0.0482. The lowest BCUT2D eigenvalue weighted by atomic mass is 9.77. The highest BCUT2D eigenvalue weighted by Gasteiger charge is 2.30. The topological polar surface area (TPSA) is 47.3 Å². The molecule has 3 heteroatoms. The Morgan fingerprint density at radius 3 is 2.89 bits per heavy atom. The molecule has 2 aliphatic carbocycles. The number of rotatable bonds is 8. The van der Waals surface area contributed by atoms with E-state index in [4.69, 9.17) is 10.5 Å². The zero-order valence-electron chi connectivity index (χ0n) is 11.9. The van der Waals surface area contributed by atoms with Gasteiger partial charge in [-0.3, -0.25) is 0 Å². The fraction of sp³-hybridized carbons (Fsp3) is 1.00. The molecule has 2 saturated carbocycles. The second-order valence-corrected chi connectivity index (χ2v) is 6.61. The predicted octanol–water partition coefficient (Wildman–Crippen LogP) is 2.30. The van der Waals surface area contributed by atoms with Crippen molar-refractivity contribution in [1.82, 2.24) is 5.32 Å². The van der Waals surface area contributed by atoms with Crippen LogP contribution in [0.4, 0.5) is 0 Å². The maximum atomic E-state index is 6.44. The largest absolute Gasteiger partial charge is 0.381 e. The summed E-state index contributed by atoms with van der Waals surface area (Å²) in [6.45, 7) is 6.22. The molecular formula is C15H30N2O. The van der Waals surface area contributed by atoms with E-state index >= 15 is 0 Å². The number of nitrogens with two attached hydrogens (primary N) is 1. The fourth-order valence-electron chi connectivity index (χ4n) is 3.03. The molecule has 106 valence electrons. The van der Waals surface area contributed by atoms with Gasteiger partial charge < -0.3 is 15.8 Å². The van der Waals surface area contributed by atoms with E-state index in [1.165, 1.54) is 38.5 Å². The highest BCUT2D eigenvalue weighted by atomic mass is 16.5. The molecular weight excluding hydrogens is 224 g/mol. The summed E-state index contributed by atoms with van der Waals surface area (Å²) in [7, 11) is 0. The van der Waals surface area contributed by atoms with Crippen LogP contribution >= 0.6 is 0 Å². The van der Waals surface area contributed by atoms with E-state index in [1.54, 1.807) is 0 Å². The second-order valence-electron chi connectivity index (χ2n) is 6.61. The highest BCUT2D eigenvalue weighted by molar-refractivity contribution is 4.91. The summed E-state index contributed by atoms with van der Waals surface area (Å²) >= 11 is 0.